The maximum absolute atomic E-state index is 12.0. The third-order valence-corrected chi connectivity index (χ3v) is 3.39. The molecule has 1 atom stereocenters. The number of carbonyl (C=O) groups is 3. The number of esters is 1. The van der Waals surface area contributed by atoms with Crippen LogP contribution in [-0.4, -0.2) is 46.7 Å². The predicted molar refractivity (Wildman–Crippen MR) is 75.0 cm³/mol. The van der Waals surface area contributed by atoms with Crippen molar-refractivity contribution in [1.29, 1.82) is 5.41 Å². The summed E-state index contributed by atoms with van der Waals surface area (Å²) in [4.78, 5) is 35.1. The van der Waals surface area contributed by atoms with Crippen LogP contribution in [0.15, 0.2) is 0 Å². The second-order valence-corrected chi connectivity index (χ2v) is 5.55. The third kappa shape index (κ3) is 4.93. The van der Waals surface area contributed by atoms with Crippen LogP contribution in [0.3, 0.4) is 0 Å². The van der Waals surface area contributed by atoms with Gasteiger partial charge in [0.25, 0.3) is 5.91 Å². The van der Waals surface area contributed by atoms with Gasteiger partial charge in [0.15, 0.2) is 5.78 Å². The lowest BCUT2D eigenvalue weighted by molar-refractivity contribution is -0.157. The lowest BCUT2D eigenvalue weighted by Gasteiger charge is -2.35. The van der Waals surface area contributed by atoms with Gasteiger partial charge in [-0.25, -0.2) is 4.79 Å². The maximum atomic E-state index is 12.0. The minimum Gasteiger partial charge on any atom is -0.461 e. The highest BCUT2D eigenvalue weighted by atomic mass is 16.5. The van der Waals surface area contributed by atoms with Crippen LogP contribution in [0.2, 0.25) is 0 Å². The zero-order valence-electron chi connectivity index (χ0n) is 12.3. The van der Waals surface area contributed by atoms with Crippen molar-refractivity contribution in [1.82, 2.24) is 5.32 Å². The van der Waals surface area contributed by atoms with E-state index in [-0.39, 0.29) is 18.9 Å². The van der Waals surface area contributed by atoms with Crippen molar-refractivity contribution in [2.45, 2.75) is 63.7 Å². The first-order valence-electron chi connectivity index (χ1n) is 7.05. The fraction of sp³-hybridized carbons (Fsp3) is 0.714. The van der Waals surface area contributed by atoms with E-state index in [0.29, 0.717) is 19.1 Å². The Morgan fingerprint density at radius 1 is 1.38 bits per heavy atom. The Labute approximate surface area is 123 Å². The number of carbonyl (C=O) groups excluding carboxylic acids is 3. The lowest BCUT2D eigenvalue weighted by Crippen LogP contribution is -2.56. The quantitative estimate of drug-likeness (QED) is 0.441. The molecule has 7 nitrogen and oxygen atoms in total. The molecule has 118 valence electrons. The van der Waals surface area contributed by atoms with Crippen molar-refractivity contribution in [3.05, 3.63) is 0 Å². The molecule has 0 aliphatic heterocycles. The molecule has 1 amide bonds. The molecule has 0 bridgehead atoms. The smallest absolute Gasteiger partial charge is 0.328 e. The Bertz CT molecular complexity index is 429. The summed E-state index contributed by atoms with van der Waals surface area (Å²) in [7, 11) is 0. The first-order valence-corrected chi connectivity index (χ1v) is 7.05. The molecule has 3 N–H and O–H groups in total. The van der Waals surface area contributed by atoms with Crippen molar-refractivity contribution < 1.29 is 24.2 Å². The van der Waals surface area contributed by atoms with Gasteiger partial charge in [-0.2, -0.15) is 0 Å². The number of ether oxygens (including phenoxy) is 1. The van der Waals surface area contributed by atoms with E-state index in [9.17, 15) is 19.5 Å². The summed E-state index contributed by atoms with van der Waals surface area (Å²) < 4.78 is 5.04. The Balaban J connectivity index is 2.66. The average molecular weight is 298 g/mol. The molecule has 1 rings (SSSR count). The summed E-state index contributed by atoms with van der Waals surface area (Å²) in [6.45, 7) is 3.36. The van der Waals surface area contributed by atoms with Gasteiger partial charge < -0.3 is 20.6 Å². The topological polar surface area (TPSA) is 117 Å². The van der Waals surface area contributed by atoms with Gasteiger partial charge in [0, 0.05) is 6.42 Å². The number of Topliss-reactive ketones (excluding diaryl/α,β-unsaturated/α-hetero) is 1. The number of aliphatic hydroxyl groups is 1. The molecule has 1 fully saturated rings. The molecule has 21 heavy (non-hydrogen) atoms. The molecular formula is C14H22N2O5. The number of hydrogen-bond acceptors (Lipinski definition) is 6. The fourth-order valence-corrected chi connectivity index (χ4v) is 1.95. The summed E-state index contributed by atoms with van der Waals surface area (Å²) in [5, 5.41) is 19.2. The second-order valence-electron chi connectivity index (χ2n) is 5.55. The molecule has 0 heterocycles. The Hall–Kier alpha value is -1.76. The van der Waals surface area contributed by atoms with E-state index in [0.717, 1.165) is 6.42 Å². The molecule has 0 aromatic heterocycles. The summed E-state index contributed by atoms with van der Waals surface area (Å²) >= 11 is 0. The zero-order valence-corrected chi connectivity index (χ0v) is 12.3. The summed E-state index contributed by atoms with van der Waals surface area (Å²) in [6, 6.07) is -0.992. The Morgan fingerprint density at radius 2 is 2.00 bits per heavy atom. The van der Waals surface area contributed by atoms with Crippen LogP contribution in [0.1, 0.15) is 46.0 Å². The second kappa shape index (κ2) is 7.31. The van der Waals surface area contributed by atoms with Crippen LogP contribution in [-0.2, 0) is 19.1 Å². The summed E-state index contributed by atoms with van der Waals surface area (Å²) in [5.74, 6) is -1.69. The van der Waals surface area contributed by atoms with E-state index in [4.69, 9.17) is 10.1 Å². The van der Waals surface area contributed by atoms with Gasteiger partial charge in [-0.1, -0.05) is 0 Å². The van der Waals surface area contributed by atoms with E-state index >= 15 is 0 Å². The van der Waals surface area contributed by atoms with Crippen LogP contribution in [0.4, 0.5) is 0 Å². The van der Waals surface area contributed by atoms with Crippen LogP contribution < -0.4 is 5.32 Å². The highest BCUT2D eigenvalue weighted by molar-refractivity contribution is 6.26. The van der Waals surface area contributed by atoms with Crippen molar-refractivity contribution in [3.8, 4) is 0 Å². The molecule has 1 aliphatic rings. The molecule has 0 unspecified atom stereocenters. The maximum Gasteiger partial charge on any atom is 0.328 e. The SMILES string of the molecule is CC(C)OC(=O)[C@H](CCC(=O)C=N)NC(=O)C1(O)CCC1. The van der Waals surface area contributed by atoms with Crippen molar-refractivity contribution >= 4 is 23.9 Å². The van der Waals surface area contributed by atoms with E-state index in [1.54, 1.807) is 13.8 Å². The molecule has 0 aromatic carbocycles. The van der Waals surface area contributed by atoms with E-state index in [1.165, 1.54) is 0 Å². The van der Waals surface area contributed by atoms with Gasteiger partial charge in [-0.05, 0) is 39.5 Å². The van der Waals surface area contributed by atoms with Gasteiger partial charge in [-0.3, -0.25) is 9.59 Å². The van der Waals surface area contributed by atoms with E-state index < -0.39 is 29.3 Å². The predicted octanol–water partition coefficient (Wildman–Crippen LogP) is 0.337. The van der Waals surface area contributed by atoms with Crippen LogP contribution in [0, 0.1) is 5.41 Å². The first-order chi connectivity index (χ1) is 9.78. The minimum absolute atomic E-state index is 0.0416. The van der Waals surface area contributed by atoms with Gasteiger partial charge in [0.1, 0.15) is 11.6 Å². The summed E-state index contributed by atoms with van der Waals surface area (Å²) in [6.07, 6.45) is 1.82. The van der Waals surface area contributed by atoms with E-state index in [1.807, 2.05) is 0 Å². The third-order valence-electron chi connectivity index (χ3n) is 3.39. The lowest BCUT2D eigenvalue weighted by atomic mass is 9.79. The minimum atomic E-state index is -1.41. The van der Waals surface area contributed by atoms with Gasteiger partial charge in [0.2, 0.25) is 0 Å². The Kier molecular flexibility index (Phi) is 6.02. The van der Waals surface area contributed by atoms with Crippen LogP contribution in [0.5, 0.6) is 0 Å². The molecule has 7 heteroatoms. The molecule has 0 aromatic rings. The first kappa shape index (κ1) is 17.3. The zero-order chi connectivity index (χ0) is 16.0. The Morgan fingerprint density at radius 3 is 2.43 bits per heavy atom. The number of rotatable bonds is 8. The molecule has 0 saturated heterocycles. The molecule has 0 radical (unpaired) electrons. The average Bonchev–Trinajstić information content (AvgIpc) is 2.38. The standard InChI is InChI=1S/C14H22N2O5/c1-9(2)21-12(18)11(5-4-10(17)8-15)16-13(19)14(20)6-3-7-14/h8-9,11,15,20H,3-7H2,1-2H3,(H,16,19)/t11-/m0/s1. The van der Waals surface area contributed by atoms with Gasteiger partial charge >= 0.3 is 5.97 Å². The van der Waals surface area contributed by atoms with Crippen LogP contribution in [0.25, 0.3) is 0 Å². The fourth-order valence-electron chi connectivity index (χ4n) is 1.95. The molecule has 1 aliphatic carbocycles. The highest BCUT2D eigenvalue weighted by Gasteiger charge is 2.43. The van der Waals surface area contributed by atoms with Gasteiger partial charge in [-0.15, -0.1) is 0 Å². The number of amides is 1. The van der Waals surface area contributed by atoms with Gasteiger partial charge in [0.05, 0.1) is 12.3 Å². The number of ketones is 1. The van der Waals surface area contributed by atoms with E-state index in [2.05, 4.69) is 5.32 Å². The normalized spacial score (nSPS) is 17.5. The van der Waals surface area contributed by atoms with Crippen molar-refractivity contribution in [2.75, 3.05) is 0 Å². The molecule has 1 saturated carbocycles. The monoisotopic (exact) mass is 298 g/mol. The van der Waals surface area contributed by atoms with Crippen LogP contribution >= 0.6 is 0 Å². The number of nitrogens with one attached hydrogen (secondary N) is 2. The highest BCUT2D eigenvalue weighted by Crippen LogP contribution is 2.31. The van der Waals surface area contributed by atoms with Crippen molar-refractivity contribution in [2.24, 2.45) is 0 Å². The summed E-state index contributed by atoms with van der Waals surface area (Å²) in [5.41, 5.74) is -1.41. The molecule has 0 spiro atoms. The van der Waals surface area contributed by atoms with Crippen molar-refractivity contribution in [3.63, 3.8) is 0 Å². The largest absolute Gasteiger partial charge is 0.461 e. The molecular weight excluding hydrogens is 276 g/mol. The number of hydrogen-bond donors (Lipinski definition) is 3.